The van der Waals surface area contributed by atoms with Crippen LogP contribution in [0.25, 0.3) is 0 Å². The van der Waals surface area contributed by atoms with E-state index in [4.69, 9.17) is 9.16 Å². The molecule has 1 heterocycles. The van der Waals surface area contributed by atoms with Gasteiger partial charge in [0.15, 0.2) is 8.32 Å². The molecule has 1 saturated heterocycles. The van der Waals surface area contributed by atoms with Gasteiger partial charge in [0.25, 0.3) is 0 Å². The first kappa shape index (κ1) is 17.7. The Morgan fingerprint density at radius 2 is 1.91 bits per heavy atom. The SMILES string of the molecule is C=C1C(CC)C(O[Si](C)(C)C(C)(C)C)[C@]2(C)C(=O)OC[C@]12C. The van der Waals surface area contributed by atoms with Gasteiger partial charge in [-0.15, -0.1) is 0 Å². The summed E-state index contributed by atoms with van der Waals surface area (Å²) in [5.74, 6) is 0.118. The molecule has 126 valence electrons. The number of fused-ring (bicyclic) bond motifs is 1. The number of hydrogen-bond donors (Lipinski definition) is 0. The second-order valence-corrected chi connectivity index (χ2v) is 13.7. The number of esters is 1. The predicted octanol–water partition coefficient (Wildman–Crippen LogP) is 4.54. The molecule has 1 aliphatic heterocycles. The highest BCUT2D eigenvalue weighted by Crippen LogP contribution is 2.64. The maximum Gasteiger partial charge on any atom is 0.315 e. The van der Waals surface area contributed by atoms with Gasteiger partial charge in [-0.2, -0.15) is 0 Å². The van der Waals surface area contributed by atoms with Crippen LogP contribution >= 0.6 is 0 Å². The van der Waals surface area contributed by atoms with Gasteiger partial charge in [-0.25, -0.2) is 0 Å². The predicted molar refractivity (Wildman–Crippen MR) is 92.2 cm³/mol. The Balaban J connectivity index is 2.48. The van der Waals surface area contributed by atoms with Crippen LogP contribution in [0.5, 0.6) is 0 Å². The molecular formula is C18H32O3Si. The fraction of sp³-hybridized carbons (Fsp3) is 0.833. The van der Waals surface area contributed by atoms with E-state index in [0.717, 1.165) is 12.0 Å². The van der Waals surface area contributed by atoms with Crippen molar-refractivity contribution < 1.29 is 14.0 Å². The molecule has 2 aliphatic rings. The molecule has 4 atom stereocenters. The van der Waals surface area contributed by atoms with Crippen molar-refractivity contribution in [3.05, 3.63) is 12.2 Å². The van der Waals surface area contributed by atoms with Crippen molar-refractivity contribution in [2.75, 3.05) is 6.61 Å². The third-order valence-corrected chi connectivity index (χ3v) is 11.3. The zero-order valence-electron chi connectivity index (χ0n) is 15.5. The van der Waals surface area contributed by atoms with E-state index in [1.54, 1.807) is 0 Å². The van der Waals surface area contributed by atoms with Gasteiger partial charge < -0.3 is 9.16 Å². The van der Waals surface area contributed by atoms with Crippen LogP contribution in [0, 0.1) is 16.7 Å². The number of carbonyl (C=O) groups excluding carboxylic acids is 1. The van der Waals surface area contributed by atoms with Crippen molar-refractivity contribution in [3.8, 4) is 0 Å². The van der Waals surface area contributed by atoms with Gasteiger partial charge in [0, 0.05) is 11.3 Å². The lowest BCUT2D eigenvalue weighted by Crippen LogP contribution is -2.52. The maximum atomic E-state index is 12.6. The standard InChI is InChI=1S/C18H32O3Si/c1-10-13-12(2)17(6)11-20-15(19)18(17,7)14(13)21-22(8,9)16(3,4)5/h13-14H,2,10-11H2,1,3-9H3/t13?,14?,17-,18-/m1/s1. The Kier molecular flexibility index (Phi) is 3.98. The fourth-order valence-electron chi connectivity index (χ4n) is 3.74. The Hall–Kier alpha value is -0.613. The molecule has 0 aromatic rings. The summed E-state index contributed by atoms with van der Waals surface area (Å²) in [4.78, 5) is 12.6. The maximum absolute atomic E-state index is 12.6. The van der Waals surface area contributed by atoms with Crippen molar-refractivity contribution in [2.45, 2.75) is 72.2 Å². The first-order chi connectivity index (χ1) is 9.83. The molecule has 0 bridgehead atoms. The third kappa shape index (κ3) is 2.06. The summed E-state index contributed by atoms with van der Waals surface area (Å²) in [6, 6.07) is 0. The van der Waals surface area contributed by atoms with Gasteiger partial charge in [0.1, 0.15) is 12.0 Å². The van der Waals surface area contributed by atoms with Gasteiger partial charge in [0.05, 0.1) is 6.10 Å². The molecule has 4 heteroatoms. The van der Waals surface area contributed by atoms with Crippen LogP contribution in [0.3, 0.4) is 0 Å². The highest BCUT2D eigenvalue weighted by atomic mass is 28.4. The van der Waals surface area contributed by atoms with Crippen molar-refractivity contribution in [1.29, 1.82) is 0 Å². The number of rotatable bonds is 3. The monoisotopic (exact) mass is 324 g/mol. The van der Waals surface area contributed by atoms with Crippen LogP contribution in [0.1, 0.15) is 48.0 Å². The summed E-state index contributed by atoms with van der Waals surface area (Å²) in [5.41, 5.74) is 0.213. The van der Waals surface area contributed by atoms with Crippen LogP contribution in [0.15, 0.2) is 12.2 Å². The number of hydrogen-bond acceptors (Lipinski definition) is 3. The minimum absolute atomic E-state index is 0.115. The van der Waals surface area contributed by atoms with E-state index in [1.165, 1.54) is 0 Å². The summed E-state index contributed by atoms with van der Waals surface area (Å²) in [5, 5.41) is 0.116. The third-order valence-electron chi connectivity index (χ3n) is 6.82. The second-order valence-electron chi connectivity index (χ2n) is 8.95. The van der Waals surface area contributed by atoms with Gasteiger partial charge in [-0.1, -0.05) is 46.8 Å². The zero-order valence-corrected chi connectivity index (χ0v) is 16.5. The molecule has 2 rings (SSSR count). The molecule has 0 spiro atoms. The molecule has 22 heavy (non-hydrogen) atoms. The van der Waals surface area contributed by atoms with Crippen molar-refractivity contribution in [1.82, 2.24) is 0 Å². The highest BCUT2D eigenvalue weighted by Gasteiger charge is 2.70. The van der Waals surface area contributed by atoms with Gasteiger partial charge >= 0.3 is 5.97 Å². The lowest BCUT2D eigenvalue weighted by atomic mass is 9.68. The second kappa shape index (κ2) is 4.94. The smallest absolute Gasteiger partial charge is 0.315 e. The molecule has 2 unspecified atom stereocenters. The molecule has 0 radical (unpaired) electrons. The van der Waals surface area contributed by atoms with Gasteiger partial charge in [-0.05, 0) is 31.5 Å². The van der Waals surface area contributed by atoms with E-state index in [-0.39, 0.29) is 28.4 Å². The Labute approximate surface area is 136 Å². The first-order valence-electron chi connectivity index (χ1n) is 8.37. The Bertz CT molecular complexity index is 505. The van der Waals surface area contributed by atoms with E-state index >= 15 is 0 Å². The Morgan fingerprint density at radius 1 is 1.36 bits per heavy atom. The number of carbonyl (C=O) groups is 1. The van der Waals surface area contributed by atoms with Crippen molar-refractivity contribution in [3.63, 3.8) is 0 Å². The normalized spacial score (nSPS) is 39.1. The molecule has 0 aromatic heterocycles. The van der Waals surface area contributed by atoms with E-state index in [9.17, 15) is 4.79 Å². The Morgan fingerprint density at radius 3 is 2.36 bits per heavy atom. The van der Waals surface area contributed by atoms with Crippen LogP contribution < -0.4 is 0 Å². The number of ether oxygens (including phenoxy) is 1. The minimum atomic E-state index is -1.98. The fourth-order valence-corrected chi connectivity index (χ4v) is 5.13. The summed E-state index contributed by atoms with van der Waals surface area (Å²) in [7, 11) is -1.98. The topological polar surface area (TPSA) is 35.5 Å². The van der Waals surface area contributed by atoms with Crippen molar-refractivity contribution in [2.24, 2.45) is 16.7 Å². The average molecular weight is 325 g/mol. The van der Waals surface area contributed by atoms with E-state index in [0.29, 0.717) is 6.61 Å². The van der Waals surface area contributed by atoms with E-state index in [2.05, 4.69) is 54.3 Å². The summed E-state index contributed by atoms with van der Waals surface area (Å²) in [6.07, 6.45) is 0.835. The molecule has 0 N–H and O–H groups in total. The summed E-state index contributed by atoms with van der Waals surface area (Å²) >= 11 is 0. The molecule has 3 nitrogen and oxygen atoms in total. The van der Waals surface area contributed by atoms with Gasteiger partial charge in [-0.3, -0.25) is 4.79 Å². The van der Waals surface area contributed by atoms with Gasteiger partial charge in [0.2, 0.25) is 0 Å². The van der Waals surface area contributed by atoms with Crippen LogP contribution in [0.2, 0.25) is 18.1 Å². The lowest BCUT2D eigenvalue weighted by Gasteiger charge is -2.43. The molecular weight excluding hydrogens is 292 g/mol. The van der Waals surface area contributed by atoms with Crippen molar-refractivity contribution >= 4 is 14.3 Å². The van der Waals surface area contributed by atoms with Crippen LogP contribution in [-0.4, -0.2) is 27.0 Å². The largest absolute Gasteiger partial charge is 0.464 e. The van der Waals surface area contributed by atoms with Crippen LogP contribution in [0.4, 0.5) is 0 Å². The molecule has 0 amide bonds. The molecule has 2 fully saturated rings. The van der Waals surface area contributed by atoms with E-state index in [1.807, 2.05) is 6.92 Å². The van der Waals surface area contributed by atoms with Crippen LogP contribution in [-0.2, 0) is 14.0 Å². The highest BCUT2D eigenvalue weighted by molar-refractivity contribution is 6.74. The average Bonchev–Trinajstić information content (AvgIpc) is 2.70. The molecule has 0 aromatic carbocycles. The quantitative estimate of drug-likeness (QED) is 0.434. The molecule has 1 saturated carbocycles. The lowest BCUT2D eigenvalue weighted by molar-refractivity contribution is -0.151. The molecule has 1 aliphatic carbocycles. The zero-order chi connectivity index (χ0) is 17.1. The van der Waals surface area contributed by atoms with E-state index < -0.39 is 13.7 Å². The minimum Gasteiger partial charge on any atom is -0.464 e. The first-order valence-corrected chi connectivity index (χ1v) is 11.3. The number of cyclic esters (lactones) is 1. The summed E-state index contributed by atoms with van der Waals surface area (Å²) in [6.45, 7) is 22.3. The summed E-state index contributed by atoms with van der Waals surface area (Å²) < 4.78 is 12.2.